The molecule has 1 N–H and O–H groups in total. The molecule has 0 amide bonds. The van der Waals surface area contributed by atoms with E-state index >= 15 is 0 Å². The minimum absolute atomic E-state index is 0.0895. The van der Waals surface area contributed by atoms with Crippen LogP contribution in [0.3, 0.4) is 0 Å². The Bertz CT molecular complexity index is 541. The Morgan fingerprint density at radius 1 is 1.38 bits per heavy atom. The number of halogens is 2. The number of nitrogens with zero attached hydrogens (tertiary/aromatic N) is 1. The molecule has 1 unspecified atom stereocenters. The Morgan fingerprint density at radius 2 is 2.21 bits per heavy atom. The normalized spacial score (nSPS) is 21.9. The number of benzene rings is 1. The third kappa shape index (κ3) is 4.55. The lowest BCUT2D eigenvalue weighted by molar-refractivity contribution is -0.0520. The van der Waals surface area contributed by atoms with Gasteiger partial charge in [-0.05, 0) is 18.9 Å². The van der Waals surface area contributed by atoms with E-state index in [1.807, 2.05) is 0 Å². The van der Waals surface area contributed by atoms with Gasteiger partial charge >= 0.3 is 6.61 Å². The summed E-state index contributed by atoms with van der Waals surface area (Å²) in [5, 5.41) is 3.28. The molecule has 134 valence electrons. The highest BCUT2D eigenvalue weighted by atomic mass is 19.3. The molecule has 3 rings (SSSR count). The van der Waals surface area contributed by atoms with Gasteiger partial charge in [-0.1, -0.05) is 12.1 Å². The molecule has 24 heavy (non-hydrogen) atoms. The van der Waals surface area contributed by atoms with Crippen LogP contribution in [0.25, 0.3) is 0 Å². The molecule has 1 saturated carbocycles. The molecule has 1 aliphatic heterocycles. The summed E-state index contributed by atoms with van der Waals surface area (Å²) in [6, 6.07) is 5.87. The zero-order chi connectivity index (χ0) is 16.9. The maximum Gasteiger partial charge on any atom is 0.387 e. The zero-order valence-corrected chi connectivity index (χ0v) is 13.8. The van der Waals surface area contributed by atoms with Crippen molar-refractivity contribution in [2.24, 2.45) is 0 Å². The van der Waals surface area contributed by atoms with Crippen molar-refractivity contribution in [2.75, 3.05) is 33.4 Å². The van der Waals surface area contributed by atoms with E-state index in [1.165, 1.54) is 20.0 Å². The molecule has 1 aliphatic carbocycles. The largest absolute Gasteiger partial charge is 0.493 e. The Kier molecular flexibility index (Phi) is 5.86. The van der Waals surface area contributed by atoms with E-state index in [4.69, 9.17) is 9.47 Å². The van der Waals surface area contributed by atoms with E-state index in [0.717, 1.165) is 25.7 Å². The fourth-order valence-electron chi connectivity index (χ4n) is 3.09. The van der Waals surface area contributed by atoms with Crippen LogP contribution in [0.2, 0.25) is 0 Å². The van der Waals surface area contributed by atoms with Crippen LogP contribution in [0, 0.1) is 0 Å². The number of morpholine rings is 1. The SMILES string of the molecule is COc1cccc(CNCC2CN(C3CC3)CCO2)c1OC(F)F. The van der Waals surface area contributed by atoms with Crippen LogP contribution in [-0.4, -0.2) is 57.0 Å². The van der Waals surface area contributed by atoms with Gasteiger partial charge in [0.1, 0.15) is 0 Å². The van der Waals surface area contributed by atoms with Gasteiger partial charge in [-0.25, -0.2) is 0 Å². The highest BCUT2D eigenvalue weighted by Crippen LogP contribution is 2.32. The summed E-state index contributed by atoms with van der Waals surface area (Å²) in [5.41, 5.74) is 0.643. The number of alkyl halides is 2. The van der Waals surface area contributed by atoms with Crippen molar-refractivity contribution in [2.45, 2.75) is 38.1 Å². The lowest BCUT2D eigenvalue weighted by Gasteiger charge is -2.33. The Morgan fingerprint density at radius 3 is 2.92 bits per heavy atom. The average molecular weight is 342 g/mol. The van der Waals surface area contributed by atoms with E-state index < -0.39 is 6.61 Å². The van der Waals surface area contributed by atoms with Crippen LogP contribution in [-0.2, 0) is 11.3 Å². The third-order valence-corrected chi connectivity index (χ3v) is 4.41. The van der Waals surface area contributed by atoms with Crippen molar-refractivity contribution >= 4 is 0 Å². The first-order chi connectivity index (χ1) is 11.7. The van der Waals surface area contributed by atoms with Crippen LogP contribution in [0.15, 0.2) is 18.2 Å². The number of para-hydroxylation sites is 1. The van der Waals surface area contributed by atoms with Crippen molar-refractivity contribution in [1.82, 2.24) is 10.2 Å². The molecular weight excluding hydrogens is 318 g/mol. The van der Waals surface area contributed by atoms with Crippen LogP contribution in [0.1, 0.15) is 18.4 Å². The molecule has 1 aromatic carbocycles. The number of hydrogen-bond acceptors (Lipinski definition) is 5. The molecule has 0 spiro atoms. The van der Waals surface area contributed by atoms with Gasteiger partial charge in [0.15, 0.2) is 11.5 Å². The highest BCUT2D eigenvalue weighted by molar-refractivity contribution is 5.46. The summed E-state index contributed by atoms with van der Waals surface area (Å²) in [4.78, 5) is 2.48. The van der Waals surface area contributed by atoms with Crippen LogP contribution in [0.5, 0.6) is 11.5 Å². The number of rotatable bonds is 8. The van der Waals surface area contributed by atoms with E-state index in [0.29, 0.717) is 24.4 Å². The van der Waals surface area contributed by atoms with E-state index in [9.17, 15) is 8.78 Å². The summed E-state index contributed by atoms with van der Waals surface area (Å²) in [6.07, 6.45) is 2.71. The van der Waals surface area contributed by atoms with Gasteiger partial charge in [0, 0.05) is 37.8 Å². The minimum Gasteiger partial charge on any atom is -0.493 e. The summed E-state index contributed by atoms with van der Waals surface area (Å²) in [6.45, 7) is 0.896. The van der Waals surface area contributed by atoms with Gasteiger partial charge in [-0.15, -0.1) is 0 Å². The van der Waals surface area contributed by atoms with E-state index in [2.05, 4.69) is 15.0 Å². The van der Waals surface area contributed by atoms with Gasteiger partial charge in [-0.2, -0.15) is 8.78 Å². The summed E-state index contributed by atoms with van der Waals surface area (Å²) >= 11 is 0. The fraction of sp³-hybridized carbons (Fsp3) is 0.647. The third-order valence-electron chi connectivity index (χ3n) is 4.41. The number of hydrogen-bond donors (Lipinski definition) is 1. The quantitative estimate of drug-likeness (QED) is 0.785. The molecule has 1 heterocycles. The lowest BCUT2D eigenvalue weighted by atomic mass is 10.1. The van der Waals surface area contributed by atoms with E-state index in [-0.39, 0.29) is 11.9 Å². The first-order valence-corrected chi connectivity index (χ1v) is 8.34. The highest BCUT2D eigenvalue weighted by Gasteiger charge is 2.32. The molecule has 0 radical (unpaired) electrons. The maximum absolute atomic E-state index is 12.6. The van der Waals surface area contributed by atoms with Crippen molar-refractivity contribution in [1.29, 1.82) is 0 Å². The standard InChI is InChI=1S/C17H24F2N2O3/c1-22-15-4-2-3-12(16(15)24-17(18)19)9-20-10-14-11-21(7-8-23-14)13-5-6-13/h2-4,13-14,17,20H,5-11H2,1H3. The predicted molar refractivity (Wildman–Crippen MR) is 85.7 cm³/mol. The lowest BCUT2D eigenvalue weighted by Crippen LogP contribution is -2.47. The van der Waals surface area contributed by atoms with Gasteiger partial charge in [0.25, 0.3) is 0 Å². The number of nitrogens with one attached hydrogen (secondary N) is 1. The van der Waals surface area contributed by atoms with Crippen molar-refractivity contribution < 1.29 is 23.0 Å². The Labute approximate surface area is 140 Å². The molecule has 0 aromatic heterocycles. The van der Waals surface area contributed by atoms with Crippen molar-refractivity contribution in [3.63, 3.8) is 0 Å². The predicted octanol–water partition coefficient (Wildman–Crippen LogP) is 2.25. The minimum atomic E-state index is -2.88. The maximum atomic E-state index is 12.6. The van der Waals surface area contributed by atoms with Gasteiger partial charge < -0.3 is 19.5 Å². The van der Waals surface area contributed by atoms with Crippen LogP contribution < -0.4 is 14.8 Å². The molecule has 1 saturated heterocycles. The van der Waals surface area contributed by atoms with Crippen LogP contribution in [0.4, 0.5) is 8.78 Å². The molecule has 1 aromatic rings. The van der Waals surface area contributed by atoms with E-state index in [1.54, 1.807) is 18.2 Å². The number of ether oxygens (including phenoxy) is 3. The second-order valence-electron chi connectivity index (χ2n) is 6.18. The first kappa shape index (κ1) is 17.4. The van der Waals surface area contributed by atoms with Gasteiger partial charge in [0.2, 0.25) is 0 Å². The molecule has 5 nitrogen and oxygen atoms in total. The molecule has 1 atom stereocenters. The summed E-state index contributed by atoms with van der Waals surface area (Å²) in [7, 11) is 1.44. The smallest absolute Gasteiger partial charge is 0.387 e. The molecular formula is C17H24F2N2O3. The topological polar surface area (TPSA) is 43.0 Å². The zero-order valence-electron chi connectivity index (χ0n) is 13.8. The van der Waals surface area contributed by atoms with Crippen molar-refractivity contribution in [3.8, 4) is 11.5 Å². The second kappa shape index (κ2) is 8.09. The summed E-state index contributed by atoms with van der Waals surface area (Å²) in [5.74, 6) is 0.398. The fourth-order valence-corrected chi connectivity index (χ4v) is 3.09. The number of methoxy groups -OCH3 is 1. The van der Waals surface area contributed by atoms with Gasteiger partial charge in [-0.3, -0.25) is 4.90 Å². The molecule has 0 bridgehead atoms. The first-order valence-electron chi connectivity index (χ1n) is 8.34. The van der Waals surface area contributed by atoms with Gasteiger partial charge in [0.05, 0.1) is 19.8 Å². The molecule has 2 aliphatic rings. The Hall–Kier alpha value is -1.44. The van der Waals surface area contributed by atoms with Crippen molar-refractivity contribution in [3.05, 3.63) is 23.8 Å². The Balaban J connectivity index is 1.54. The summed E-state index contributed by atoms with van der Waals surface area (Å²) < 4.78 is 40.8. The monoisotopic (exact) mass is 342 g/mol. The van der Waals surface area contributed by atoms with Crippen LogP contribution >= 0.6 is 0 Å². The molecule has 2 fully saturated rings. The second-order valence-corrected chi connectivity index (χ2v) is 6.18. The molecule has 7 heteroatoms. The average Bonchev–Trinajstić information content (AvgIpc) is 3.41.